The van der Waals surface area contributed by atoms with Crippen molar-refractivity contribution in [3.63, 3.8) is 0 Å². The quantitative estimate of drug-likeness (QED) is 0.813. The number of carbonyl (C=O) groups is 1. The molecule has 0 spiro atoms. The van der Waals surface area contributed by atoms with Crippen molar-refractivity contribution >= 4 is 15.9 Å². The van der Waals surface area contributed by atoms with Crippen LogP contribution >= 0.6 is 0 Å². The fourth-order valence-corrected chi connectivity index (χ4v) is 5.76. The monoisotopic (exact) mass is 404 g/mol. The van der Waals surface area contributed by atoms with Gasteiger partial charge in [-0.25, -0.2) is 8.42 Å². The van der Waals surface area contributed by atoms with Crippen LogP contribution in [0.3, 0.4) is 0 Å². The van der Waals surface area contributed by atoms with Crippen molar-refractivity contribution in [1.29, 1.82) is 0 Å². The molecule has 2 aliphatic rings. The van der Waals surface area contributed by atoms with Crippen molar-refractivity contribution < 1.29 is 17.9 Å². The molecule has 1 fully saturated rings. The van der Waals surface area contributed by atoms with Crippen molar-refractivity contribution in [3.8, 4) is 0 Å². The molecule has 3 heterocycles. The lowest BCUT2D eigenvalue weighted by molar-refractivity contribution is 0.0728. The SMILES string of the molecule is COC[C@H]1CCCN1S(=O)(=O)c1ccc2c(c1)CCN(C(=O)c1ccn[nH]1)C2. The molecule has 0 aliphatic carbocycles. The summed E-state index contributed by atoms with van der Waals surface area (Å²) in [6.07, 6.45) is 3.85. The highest BCUT2D eigenvalue weighted by Gasteiger charge is 2.35. The Bertz CT molecular complexity index is 958. The molecule has 1 saturated heterocycles. The number of amides is 1. The molecule has 0 bridgehead atoms. The average molecular weight is 404 g/mol. The number of nitrogens with zero attached hydrogens (tertiary/aromatic N) is 3. The van der Waals surface area contributed by atoms with Gasteiger partial charge in [0.15, 0.2) is 0 Å². The number of aromatic amines is 1. The lowest BCUT2D eigenvalue weighted by Gasteiger charge is -2.29. The summed E-state index contributed by atoms with van der Waals surface area (Å²) in [4.78, 5) is 14.6. The lowest BCUT2D eigenvalue weighted by Crippen LogP contribution is -2.38. The van der Waals surface area contributed by atoms with E-state index in [0.29, 0.717) is 43.3 Å². The van der Waals surface area contributed by atoms with E-state index in [9.17, 15) is 13.2 Å². The second-order valence-corrected chi connectivity index (χ2v) is 9.14. The van der Waals surface area contributed by atoms with Crippen LogP contribution in [0.2, 0.25) is 0 Å². The summed E-state index contributed by atoms with van der Waals surface area (Å²) in [6, 6.07) is 6.80. The molecule has 2 aliphatic heterocycles. The molecule has 0 saturated carbocycles. The van der Waals surface area contributed by atoms with Gasteiger partial charge in [0.05, 0.1) is 11.5 Å². The molecule has 28 heavy (non-hydrogen) atoms. The smallest absolute Gasteiger partial charge is 0.272 e. The number of fused-ring (bicyclic) bond motifs is 1. The predicted molar refractivity (Wildman–Crippen MR) is 102 cm³/mol. The van der Waals surface area contributed by atoms with Gasteiger partial charge in [-0.1, -0.05) is 6.07 Å². The number of H-pyrrole nitrogens is 1. The van der Waals surface area contributed by atoms with Crippen LogP contribution in [-0.4, -0.2) is 66.6 Å². The van der Waals surface area contributed by atoms with Crippen LogP contribution in [-0.2, 0) is 27.7 Å². The summed E-state index contributed by atoms with van der Waals surface area (Å²) in [7, 11) is -1.95. The van der Waals surface area contributed by atoms with Crippen LogP contribution in [0.25, 0.3) is 0 Å². The lowest BCUT2D eigenvalue weighted by atomic mass is 9.99. The predicted octanol–water partition coefficient (Wildman–Crippen LogP) is 1.41. The summed E-state index contributed by atoms with van der Waals surface area (Å²) < 4.78 is 33.0. The molecular formula is C19H24N4O4S. The van der Waals surface area contributed by atoms with Crippen molar-refractivity contribution in [2.24, 2.45) is 0 Å². The van der Waals surface area contributed by atoms with Gasteiger partial charge in [0.1, 0.15) is 5.69 Å². The number of ether oxygens (including phenoxy) is 1. The Morgan fingerprint density at radius 3 is 2.89 bits per heavy atom. The number of benzene rings is 1. The molecule has 2 aromatic rings. The van der Waals surface area contributed by atoms with Gasteiger partial charge in [-0.05, 0) is 48.6 Å². The summed E-state index contributed by atoms with van der Waals surface area (Å²) in [5.41, 5.74) is 2.42. The molecule has 0 radical (unpaired) electrons. The standard InChI is InChI=1S/C19H24N4O4S/c1-27-13-16-3-2-9-23(16)28(25,26)17-5-4-15-12-22(10-7-14(15)11-17)19(24)18-6-8-20-21-18/h4-6,8,11,16H,2-3,7,9-10,12-13H2,1H3,(H,20,21)/t16-/m1/s1. The highest BCUT2D eigenvalue weighted by Crippen LogP contribution is 2.29. The Hall–Kier alpha value is -2.23. The number of sulfonamides is 1. The summed E-state index contributed by atoms with van der Waals surface area (Å²) in [5.74, 6) is -0.0978. The topological polar surface area (TPSA) is 95.6 Å². The summed E-state index contributed by atoms with van der Waals surface area (Å²) in [6.45, 7) is 1.95. The van der Waals surface area contributed by atoms with E-state index < -0.39 is 10.0 Å². The number of carbonyl (C=O) groups excluding carboxylic acids is 1. The largest absolute Gasteiger partial charge is 0.383 e. The fraction of sp³-hybridized carbons (Fsp3) is 0.474. The van der Waals surface area contributed by atoms with E-state index in [1.54, 1.807) is 40.7 Å². The van der Waals surface area contributed by atoms with Gasteiger partial charge in [-0.3, -0.25) is 9.89 Å². The van der Waals surface area contributed by atoms with Crippen molar-refractivity contribution in [1.82, 2.24) is 19.4 Å². The first-order valence-electron chi connectivity index (χ1n) is 9.42. The van der Waals surface area contributed by atoms with E-state index >= 15 is 0 Å². The Balaban J connectivity index is 1.55. The molecule has 4 rings (SSSR count). The molecule has 8 nitrogen and oxygen atoms in total. The van der Waals surface area contributed by atoms with Crippen LogP contribution in [0.1, 0.15) is 34.5 Å². The molecule has 1 aromatic heterocycles. The normalized spacial score (nSPS) is 20.3. The van der Waals surface area contributed by atoms with Gasteiger partial charge < -0.3 is 9.64 Å². The minimum Gasteiger partial charge on any atom is -0.383 e. The molecule has 1 N–H and O–H groups in total. The van der Waals surface area contributed by atoms with E-state index in [1.807, 2.05) is 6.07 Å². The minimum atomic E-state index is -3.55. The van der Waals surface area contributed by atoms with Crippen molar-refractivity contribution in [2.75, 3.05) is 26.8 Å². The zero-order valence-electron chi connectivity index (χ0n) is 15.8. The number of aromatic nitrogens is 2. The number of hydrogen-bond donors (Lipinski definition) is 1. The van der Waals surface area contributed by atoms with E-state index in [0.717, 1.165) is 24.0 Å². The fourth-order valence-electron chi connectivity index (χ4n) is 4.03. The third-order valence-corrected chi connectivity index (χ3v) is 7.44. The number of nitrogens with one attached hydrogen (secondary N) is 1. The zero-order chi connectivity index (χ0) is 19.7. The number of hydrogen-bond acceptors (Lipinski definition) is 5. The number of rotatable bonds is 5. The maximum Gasteiger partial charge on any atom is 0.272 e. The van der Waals surface area contributed by atoms with Gasteiger partial charge in [0.25, 0.3) is 5.91 Å². The van der Waals surface area contributed by atoms with Gasteiger partial charge in [-0.15, -0.1) is 0 Å². The van der Waals surface area contributed by atoms with E-state index in [4.69, 9.17) is 4.74 Å². The first-order valence-corrected chi connectivity index (χ1v) is 10.9. The molecule has 0 unspecified atom stereocenters. The molecule has 1 atom stereocenters. The zero-order valence-corrected chi connectivity index (χ0v) is 16.6. The highest BCUT2D eigenvalue weighted by molar-refractivity contribution is 7.89. The molecule has 1 aromatic carbocycles. The van der Waals surface area contributed by atoms with Gasteiger partial charge in [-0.2, -0.15) is 9.40 Å². The molecule has 150 valence electrons. The van der Waals surface area contributed by atoms with Crippen LogP contribution < -0.4 is 0 Å². The van der Waals surface area contributed by atoms with Crippen molar-refractivity contribution in [3.05, 3.63) is 47.3 Å². The van der Waals surface area contributed by atoms with Crippen LogP contribution in [0, 0.1) is 0 Å². The second-order valence-electron chi connectivity index (χ2n) is 7.24. The third-order valence-electron chi connectivity index (χ3n) is 5.50. The summed E-state index contributed by atoms with van der Waals surface area (Å²) in [5, 5.41) is 6.52. The second kappa shape index (κ2) is 7.65. The first kappa shape index (κ1) is 19.1. The first-order chi connectivity index (χ1) is 13.5. The average Bonchev–Trinajstić information content (AvgIpc) is 3.39. The Labute approximate surface area is 164 Å². The van der Waals surface area contributed by atoms with Crippen LogP contribution in [0.5, 0.6) is 0 Å². The van der Waals surface area contributed by atoms with E-state index in [1.165, 1.54) is 0 Å². The molecule has 1 amide bonds. The number of methoxy groups -OCH3 is 1. The maximum atomic E-state index is 13.1. The third kappa shape index (κ3) is 3.45. The summed E-state index contributed by atoms with van der Waals surface area (Å²) >= 11 is 0. The van der Waals surface area contributed by atoms with Gasteiger partial charge in [0.2, 0.25) is 10.0 Å². The molecule has 9 heteroatoms. The Kier molecular flexibility index (Phi) is 5.22. The van der Waals surface area contributed by atoms with Gasteiger partial charge >= 0.3 is 0 Å². The Morgan fingerprint density at radius 1 is 1.29 bits per heavy atom. The van der Waals surface area contributed by atoms with E-state index in [2.05, 4.69) is 10.2 Å². The maximum absolute atomic E-state index is 13.1. The van der Waals surface area contributed by atoms with E-state index in [-0.39, 0.29) is 11.9 Å². The minimum absolute atomic E-state index is 0.0978. The van der Waals surface area contributed by atoms with Crippen LogP contribution in [0.15, 0.2) is 35.4 Å². The molecular weight excluding hydrogens is 380 g/mol. The van der Waals surface area contributed by atoms with Crippen LogP contribution in [0.4, 0.5) is 0 Å². The van der Waals surface area contributed by atoms with Gasteiger partial charge in [0, 0.05) is 39.0 Å². The highest BCUT2D eigenvalue weighted by atomic mass is 32.2. The Morgan fingerprint density at radius 2 is 2.14 bits per heavy atom. The van der Waals surface area contributed by atoms with Crippen molar-refractivity contribution in [2.45, 2.75) is 36.7 Å².